The number of alkyl halides is 3. The lowest BCUT2D eigenvalue weighted by atomic mass is 10.1. The number of nitrogens with one attached hydrogen (secondary N) is 2. The molecular weight excluding hydrogens is 373 g/mol. The number of halogens is 4. The minimum Gasteiger partial charge on any atom is -0.497 e. The molecule has 1 aromatic rings. The highest BCUT2D eigenvalue weighted by Gasteiger charge is 2.31. The number of hydrogen-bond acceptors (Lipinski definition) is 3. The minimum atomic E-state index is -4.43. The normalized spacial score (nSPS) is 11.9. The monoisotopic (exact) mass is 394 g/mol. The molecule has 0 heterocycles. The highest BCUT2D eigenvalue weighted by Crippen LogP contribution is 2.22. The van der Waals surface area contributed by atoms with Gasteiger partial charge in [-0.2, -0.15) is 13.2 Å². The molecule has 0 aliphatic rings. The third-order valence-electron chi connectivity index (χ3n) is 3.42. The molecule has 0 aromatic heterocycles. The van der Waals surface area contributed by atoms with Crippen molar-refractivity contribution in [1.82, 2.24) is 15.5 Å². The van der Waals surface area contributed by atoms with E-state index in [9.17, 15) is 18.0 Å². The van der Waals surface area contributed by atoms with Crippen LogP contribution in [0.15, 0.2) is 23.2 Å². The van der Waals surface area contributed by atoms with Crippen LogP contribution in [0.25, 0.3) is 0 Å². The van der Waals surface area contributed by atoms with Crippen LogP contribution in [0.4, 0.5) is 13.2 Å². The lowest BCUT2D eigenvalue weighted by Gasteiger charge is -2.20. The number of carbonyl (C=O) groups excluding carboxylic acids is 1. The van der Waals surface area contributed by atoms with E-state index in [1.54, 1.807) is 19.2 Å². The Bertz CT molecular complexity index is 638. The molecule has 0 saturated carbocycles. The van der Waals surface area contributed by atoms with Crippen molar-refractivity contribution in [3.63, 3.8) is 0 Å². The van der Waals surface area contributed by atoms with E-state index in [1.165, 1.54) is 7.05 Å². The fourth-order valence-corrected chi connectivity index (χ4v) is 2.31. The molecule has 26 heavy (non-hydrogen) atoms. The second kappa shape index (κ2) is 10.1. The molecule has 0 fully saturated rings. The number of hydrogen-bond donors (Lipinski definition) is 2. The first-order chi connectivity index (χ1) is 12.2. The highest BCUT2D eigenvalue weighted by molar-refractivity contribution is 6.31. The summed E-state index contributed by atoms with van der Waals surface area (Å²) >= 11 is 6.15. The maximum atomic E-state index is 12.3. The summed E-state index contributed by atoms with van der Waals surface area (Å²) in [5, 5.41) is 6.22. The Balaban J connectivity index is 2.43. The molecule has 2 N–H and O–H groups in total. The molecule has 10 heteroatoms. The van der Waals surface area contributed by atoms with Gasteiger partial charge < -0.3 is 20.3 Å². The van der Waals surface area contributed by atoms with E-state index in [4.69, 9.17) is 16.3 Å². The molecule has 0 atom stereocenters. The van der Waals surface area contributed by atoms with E-state index in [2.05, 4.69) is 15.6 Å². The lowest BCUT2D eigenvalue weighted by Crippen LogP contribution is -2.45. The number of amides is 1. The van der Waals surface area contributed by atoms with Gasteiger partial charge in [-0.3, -0.25) is 9.79 Å². The summed E-state index contributed by atoms with van der Waals surface area (Å²) in [6.45, 7) is -1.12. The Morgan fingerprint density at radius 1 is 1.35 bits per heavy atom. The van der Waals surface area contributed by atoms with Gasteiger partial charge in [0.2, 0.25) is 5.91 Å². The fourth-order valence-electron chi connectivity index (χ4n) is 2.05. The van der Waals surface area contributed by atoms with Gasteiger partial charge in [0.25, 0.3) is 0 Å². The van der Waals surface area contributed by atoms with E-state index < -0.39 is 18.6 Å². The predicted molar refractivity (Wildman–Crippen MR) is 94.8 cm³/mol. The summed E-state index contributed by atoms with van der Waals surface area (Å²) in [5.74, 6) is 0.276. The van der Waals surface area contributed by atoms with Crippen LogP contribution in [-0.2, 0) is 11.2 Å². The first-order valence-electron chi connectivity index (χ1n) is 7.74. The maximum absolute atomic E-state index is 12.3. The smallest absolute Gasteiger partial charge is 0.406 e. The minimum absolute atomic E-state index is 0.296. The van der Waals surface area contributed by atoms with Gasteiger partial charge in [-0.15, -0.1) is 0 Å². The van der Waals surface area contributed by atoms with Crippen molar-refractivity contribution in [2.24, 2.45) is 4.99 Å². The molecular formula is C16H22ClF3N4O2. The summed E-state index contributed by atoms with van der Waals surface area (Å²) in [6, 6.07) is 5.34. The molecule has 1 rings (SSSR count). The Hall–Kier alpha value is -2.16. The Morgan fingerprint density at radius 2 is 2.04 bits per heavy atom. The van der Waals surface area contributed by atoms with Crippen LogP contribution in [0.1, 0.15) is 5.56 Å². The molecule has 0 unspecified atom stereocenters. The SMILES string of the molecule is CN=C(NCCc1ccc(OC)cc1Cl)NCC(=O)N(C)CC(F)(F)F. The summed E-state index contributed by atoms with van der Waals surface area (Å²) in [4.78, 5) is 16.2. The van der Waals surface area contributed by atoms with Crippen LogP contribution in [0.2, 0.25) is 5.02 Å². The van der Waals surface area contributed by atoms with Crippen LogP contribution < -0.4 is 15.4 Å². The first kappa shape index (κ1) is 21.9. The van der Waals surface area contributed by atoms with Gasteiger partial charge in [-0.1, -0.05) is 17.7 Å². The number of carbonyl (C=O) groups is 1. The van der Waals surface area contributed by atoms with E-state index in [1.807, 2.05) is 6.07 Å². The molecule has 0 bridgehead atoms. The number of ether oxygens (including phenoxy) is 1. The van der Waals surface area contributed by atoms with Gasteiger partial charge in [0, 0.05) is 25.7 Å². The summed E-state index contributed by atoms with van der Waals surface area (Å²) in [7, 11) is 4.15. The van der Waals surface area contributed by atoms with Crippen LogP contribution >= 0.6 is 11.6 Å². The number of rotatable bonds is 7. The van der Waals surface area contributed by atoms with E-state index in [0.717, 1.165) is 12.6 Å². The molecule has 0 aliphatic carbocycles. The van der Waals surface area contributed by atoms with Crippen molar-refractivity contribution in [3.8, 4) is 5.75 Å². The molecule has 0 saturated heterocycles. The number of nitrogens with zero attached hydrogens (tertiary/aromatic N) is 2. The predicted octanol–water partition coefficient (Wildman–Crippen LogP) is 2.08. The standard InChI is InChI=1S/C16H22ClF3N4O2/c1-21-15(23-9-14(25)24(2)10-16(18,19)20)22-7-6-11-4-5-12(26-3)8-13(11)17/h4-5,8H,6-7,9-10H2,1-3H3,(H2,21,22,23). The zero-order chi connectivity index (χ0) is 19.7. The zero-order valence-electron chi connectivity index (χ0n) is 14.8. The van der Waals surface area contributed by atoms with Gasteiger partial charge in [-0.25, -0.2) is 0 Å². The molecule has 1 aromatic carbocycles. The zero-order valence-corrected chi connectivity index (χ0v) is 15.5. The molecule has 6 nitrogen and oxygen atoms in total. The largest absolute Gasteiger partial charge is 0.497 e. The molecule has 0 radical (unpaired) electrons. The van der Waals surface area contributed by atoms with E-state index in [0.29, 0.717) is 34.6 Å². The number of guanidine groups is 1. The summed E-state index contributed by atoms with van der Waals surface area (Å²) in [5.41, 5.74) is 0.899. The number of methoxy groups -OCH3 is 1. The number of likely N-dealkylation sites (N-methyl/N-ethyl adjacent to an activating group) is 1. The van der Waals surface area contributed by atoms with Crippen molar-refractivity contribution in [3.05, 3.63) is 28.8 Å². The van der Waals surface area contributed by atoms with Gasteiger partial charge >= 0.3 is 6.18 Å². The topological polar surface area (TPSA) is 66.0 Å². The number of aliphatic imine (C=N–C) groups is 1. The van der Waals surface area contributed by atoms with Crippen LogP contribution in [0.3, 0.4) is 0 Å². The van der Waals surface area contributed by atoms with Crippen molar-refractivity contribution < 1.29 is 22.7 Å². The van der Waals surface area contributed by atoms with Crippen molar-refractivity contribution >= 4 is 23.5 Å². The lowest BCUT2D eigenvalue weighted by molar-refractivity contribution is -0.157. The van der Waals surface area contributed by atoms with E-state index in [-0.39, 0.29) is 6.54 Å². The van der Waals surface area contributed by atoms with Crippen LogP contribution in [0, 0.1) is 0 Å². The molecule has 1 amide bonds. The molecule has 0 aliphatic heterocycles. The fraction of sp³-hybridized carbons (Fsp3) is 0.500. The molecule has 0 spiro atoms. The quantitative estimate of drug-likeness (QED) is 0.549. The second-order valence-electron chi connectivity index (χ2n) is 5.42. The van der Waals surface area contributed by atoms with Crippen molar-refractivity contribution in [2.75, 3.05) is 40.8 Å². The Labute approximate surface area is 155 Å². The Morgan fingerprint density at radius 3 is 2.58 bits per heavy atom. The second-order valence-corrected chi connectivity index (χ2v) is 5.83. The third-order valence-corrected chi connectivity index (χ3v) is 3.77. The van der Waals surface area contributed by atoms with Crippen molar-refractivity contribution in [1.29, 1.82) is 0 Å². The average molecular weight is 395 g/mol. The van der Waals surface area contributed by atoms with Crippen LogP contribution in [0.5, 0.6) is 5.75 Å². The molecule has 146 valence electrons. The third kappa shape index (κ3) is 7.81. The van der Waals surface area contributed by atoms with Gasteiger partial charge in [0.15, 0.2) is 5.96 Å². The highest BCUT2D eigenvalue weighted by atomic mass is 35.5. The van der Waals surface area contributed by atoms with Crippen molar-refractivity contribution in [2.45, 2.75) is 12.6 Å². The number of benzene rings is 1. The van der Waals surface area contributed by atoms with E-state index >= 15 is 0 Å². The van der Waals surface area contributed by atoms with Gasteiger partial charge in [-0.05, 0) is 24.1 Å². The summed E-state index contributed by atoms with van der Waals surface area (Å²) < 4.78 is 41.9. The van der Waals surface area contributed by atoms with Crippen LogP contribution in [-0.4, -0.2) is 63.8 Å². The van der Waals surface area contributed by atoms with Gasteiger partial charge in [0.1, 0.15) is 12.3 Å². The average Bonchev–Trinajstić information content (AvgIpc) is 2.57. The Kier molecular flexibility index (Phi) is 8.50. The maximum Gasteiger partial charge on any atom is 0.406 e. The summed E-state index contributed by atoms with van der Waals surface area (Å²) in [6.07, 6.45) is -3.84. The van der Waals surface area contributed by atoms with Gasteiger partial charge in [0.05, 0.1) is 13.7 Å². The first-order valence-corrected chi connectivity index (χ1v) is 8.11.